The number of rotatable bonds is 33. The predicted octanol–water partition coefficient (Wildman–Crippen LogP) is 14.6. The number of unbranched alkanes of at least 4 members (excludes halogenated alkanes) is 18. The average molecular weight is 677 g/mol. The molecule has 0 aromatic rings. The molecule has 0 aliphatic rings. The van der Waals surface area contributed by atoms with Crippen LogP contribution >= 0.6 is 8.60 Å². The molecule has 0 aromatic carbocycles. The molecule has 278 valence electrons. The Kier molecular flexibility index (Phi) is 30.2. The van der Waals surface area contributed by atoms with Gasteiger partial charge in [0.25, 0.3) is 0 Å². The monoisotopic (exact) mass is 677 g/mol. The highest BCUT2D eigenvalue weighted by molar-refractivity contribution is 7.41. The molecule has 0 unspecified atom stereocenters. The van der Waals surface area contributed by atoms with Crippen molar-refractivity contribution in [1.29, 1.82) is 0 Å². The molecule has 0 radical (unpaired) electrons. The van der Waals surface area contributed by atoms with Crippen molar-refractivity contribution in [3.63, 3.8) is 0 Å². The Balaban J connectivity index is 4.02. The highest BCUT2D eigenvalue weighted by Gasteiger charge is 2.18. The molecule has 46 heavy (non-hydrogen) atoms. The lowest BCUT2D eigenvalue weighted by Gasteiger charge is -2.17. The first-order valence-electron chi connectivity index (χ1n) is 19.5. The van der Waals surface area contributed by atoms with E-state index in [4.69, 9.17) is 28.7 Å². The standard InChI is InChI=1S/C39H81O6P/c1-37(2,3)31-25-19-13-10-16-22-28-34-40-43-46(44-41-35-29-23-17-11-14-20-26-32-38(4,5)6)45-42-36-30-24-18-12-15-21-27-33-39(7,8)9/h10-36H2,1-9H3. The molecule has 0 spiro atoms. The van der Waals surface area contributed by atoms with Gasteiger partial charge in [0.15, 0.2) is 0 Å². The van der Waals surface area contributed by atoms with Crippen LogP contribution in [0.15, 0.2) is 0 Å². The molecule has 0 aliphatic carbocycles. The van der Waals surface area contributed by atoms with Crippen molar-refractivity contribution >= 4 is 8.60 Å². The van der Waals surface area contributed by atoms with Crippen LogP contribution < -0.4 is 0 Å². The van der Waals surface area contributed by atoms with Gasteiger partial charge < -0.3 is 0 Å². The first-order valence-corrected chi connectivity index (χ1v) is 20.6. The van der Waals surface area contributed by atoms with E-state index in [2.05, 4.69) is 62.3 Å². The van der Waals surface area contributed by atoms with Crippen molar-refractivity contribution in [2.45, 2.75) is 216 Å². The molecule has 0 saturated heterocycles. The van der Waals surface area contributed by atoms with Gasteiger partial charge in [0.1, 0.15) is 0 Å². The summed E-state index contributed by atoms with van der Waals surface area (Å²) in [6, 6.07) is 0. The van der Waals surface area contributed by atoms with Gasteiger partial charge in [-0.05, 0) is 54.8 Å². The van der Waals surface area contributed by atoms with Gasteiger partial charge in [-0.2, -0.15) is 0 Å². The Hall–Kier alpha value is 0.190. The van der Waals surface area contributed by atoms with Crippen molar-refractivity contribution in [2.24, 2.45) is 16.2 Å². The van der Waals surface area contributed by atoms with Gasteiger partial charge in [-0.1, -0.05) is 178 Å². The topological polar surface area (TPSA) is 55.4 Å². The fourth-order valence-electron chi connectivity index (χ4n) is 5.38. The van der Waals surface area contributed by atoms with Crippen LogP contribution in [0.3, 0.4) is 0 Å². The number of hydrogen-bond acceptors (Lipinski definition) is 6. The summed E-state index contributed by atoms with van der Waals surface area (Å²) in [7, 11) is -1.86. The molecule has 0 atom stereocenters. The molecule has 0 fully saturated rings. The van der Waals surface area contributed by atoms with E-state index in [9.17, 15) is 0 Å². The minimum Gasteiger partial charge on any atom is -0.229 e. The van der Waals surface area contributed by atoms with Crippen LogP contribution in [0.1, 0.15) is 216 Å². The Bertz CT molecular complexity index is 540. The third-order valence-corrected chi connectivity index (χ3v) is 8.99. The largest absolute Gasteiger partial charge is 0.421 e. The normalized spacial score (nSPS) is 12.9. The van der Waals surface area contributed by atoms with E-state index in [1.165, 1.54) is 116 Å². The van der Waals surface area contributed by atoms with Crippen LogP contribution in [0, 0.1) is 16.2 Å². The van der Waals surface area contributed by atoms with Crippen LogP contribution in [0.5, 0.6) is 0 Å². The maximum absolute atomic E-state index is 5.42. The average Bonchev–Trinajstić information content (AvgIpc) is 2.95. The molecule has 0 rings (SSSR count). The molecule has 0 N–H and O–H groups in total. The highest BCUT2D eigenvalue weighted by atomic mass is 31.2. The smallest absolute Gasteiger partial charge is 0.229 e. The second-order valence-electron chi connectivity index (χ2n) is 17.3. The second kappa shape index (κ2) is 30.1. The van der Waals surface area contributed by atoms with Crippen molar-refractivity contribution in [3.05, 3.63) is 0 Å². The first-order chi connectivity index (χ1) is 21.8. The van der Waals surface area contributed by atoms with Gasteiger partial charge in [0.2, 0.25) is 0 Å². The lowest BCUT2D eigenvalue weighted by molar-refractivity contribution is -0.311. The summed E-state index contributed by atoms with van der Waals surface area (Å²) >= 11 is 0. The van der Waals surface area contributed by atoms with Gasteiger partial charge in [0, 0.05) is 0 Å². The minimum atomic E-state index is -1.86. The molecular formula is C39H81O6P. The second-order valence-corrected chi connectivity index (χ2v) is 18.2. The quantitative estimate of drug-likeness (QED) is 0.0298. The van der Waals surface area contributed by atoms with E-state index in [0.717, 1.165) is 38.5 Å². The lowest BCUT2D eigenvalue weighted by atomic mass is 9.89. The molecule has 0 saturated carbocycles. The van der Waals surface area contributed by atoms with Crippen LogP contribution in [-0.4, -0.2) is 19.8 Å². The highest BCUT2D eigenvalue weighted by Crippen LogP contribution is 2.40. The summed E-state index contributed by atoms with van der Waals surface area (Å²) in [5.74, 6) is 0. The van der Waals surface area contributed by atoms with Crippen molar-refractivity contribution in [2.75, 3.05) is 19.8 Å². The van der Waals surface area contributed by atoms with E-state index in [1.54, 1.807) is 0 Å². The molecule has 7 heteroatoms. The Morgan fingerprint density at radius 3 is 0.696 bits per heavy atom. The van der Waals surface area contributed by atoms with Crippen molar-refractivity contribution < 1.29 is 28.7 Å². The molecule has 0 amide bonds. The molecule has 0 aromatic heterocycles. The van der Waals surface area contributed by atoms with E-state index < -0.39 is 8.60 Å². The molecule has 6 nitrogen and oxygen atoms in total. The maximum Gasteiger partial charge on any atom is 0.421 e. The summed E-state index contributed by atoms with van der Waals surface area (Å²) in [6.07, 6.45) is 29.8. The van der Waals surface area contributed by atoms with E-state index in [-0.39, 0.29) is 0 Å². The lowest BCUT2D eigenvalue weighted by Crippen LogP contribution is -2.03. The number of hydrogen-bond donors (Lipinski definition) is 0. The maximum atomic E-state index is 5.42. The van der Waals surface area contributed by atoms with Crippen molar-refractivity contribution in [1.82, 2.24) is 0 Å². The molecular weight excluding hydrogens is 595 g/mol. The summed E-state index contributed by atoms with van der Waals surface area (Å²) in [5, 5.41) is 0. The summed E-state index contributed by atoms with van der Waals surface area (Å²) in [5.41, 5.74) is 1.37. The van der Waals surface area contributed by atoms with Gasteiger partial charge in [-0.25, -0.2) is 14.7 Å². The van der Waals surface area contributed by atoms with E-state index in [0.29, 0.717) is 36.1 Å². The van der Waals surface area contributed by atoms with Gasteiger partial charge >= 0.3 is 8.60 Å². The summed E-state index contributed by atoms with van der Waals surface area (Å²) in [6.45, 7) is 22.5. The summed E-state index contributed by atoms with van der Waals surface area (Å²) < 4.78 is 16.3. The van der Waals surface area contributed by atoms with Crippen molar-refractivity contribution in [3.8, 4) is 0 Å². The first kappa shape index (κ1) is 46.2. The Morgan fingerprint density at radius 2 is 0.478 bits per heavy atom. The zero-order chi connectivity index (χ0) is 34.4. The fraction of sp³-hybridized carbons (Fsp3) is 1.00. The molecule has 0 bridgehead atoms. The third-order valence-electron chi connectivity index (χ3n) is 8.30. The fourth-order valence-corrected chi connectivity index (χ4v) is 5.94. The SMILES string of the molecule is CC(C)(C)CCCCCCCCCOOP(OOCCCCCCCCCC(C)(C)C)OOCCCCCCCCCC(C)(C)C. The summed E-state index contributed by atoms with van der Waals surface area (Å²) in [4.78, 5) is 16.3. The van der Waals surface area contributed by atoms with Crippen LogP contribution in [0.25, 0.3) is 0 Å². The van der Waals surface area contributed by atoms with Crippen LogP contribution in [-0.2, 0) is 28.7 Å². The zero-order valence-electron chi connectivity index (χ0n) is 32.5. The third kappa shape index (κ3) is 40.4. The van der Waals surface area contributed by atoms with E-state index in [1.807, 2.05) is 0 Å². The predicted molar refractivity (Wildman–Crippen MR) is 197 cm³/mol. The Labute approximate surface area is 289 Å². The Morgan fingerprint density at radius 1 is 0.283 bits per heavy atom. The zero-order valence-corrected chi connectivity index (χ0v) is 33.4. The molecule has 0 heterocycles. The molecule has 0 aliphatic heterocycles. The van der Waals surface area contributed by atoms with Crippen LogP contribution in [0.4, 0.5) is 0 Å². The van der Waals surface area contributed by atoms with E-state index >= 15 is 0 Å². The van der Waals surface area contributed by atoms with Gasteiger partial charge in [-0.3, -0.25) is 0 Å². The minimum absolute atomic E-state index is 0.455. The van der Waals surface area contributed by atoms with Crippen LogP contribution in [0.2, 0.25) is 0 Å². The van der Waals surface area contributed by atoms with Gasteiger partial charge in [-0.15, -0.1) is 14.0 Å². The van der Waals surface area contributed by atoms with Gasteiger partial charge in [0.05, 0.1) is 19.8 Å².